The van der Waals surface area contributed by atoms with Crippen molar-refractivity contribution in [3.05, 3.63) is 48.8 Å². The van der Waals surface area contributed by atoms with Gasteiger partial charge in [-0.05, 0) is 44.6 Å². The van der Waals surface area contributed by atoms with Gasteiger partial charge in [0.1, 0.15) is 12.4 Å². The van der Waals surface area contributed by atoms with Crippen LogP contribution in [0.5, 0.6) is 5.75 Å². The van der Waals surface area contributed by atoms with E-state index < -0.39 is 0 Å². The van der Waals surface area contributed by atoms with Crippen LogP contribution in [-0.2, 0) is 7.05 Å². The number of aromatic nitrogens is 2. The maximum atomic E-state index is 6.02. The van der Waals surface area contributed by atoms with Gasteiger partial charge in [-0.15, -0.1) is 0 Å². The molecule has 0 bridgehead atoms. The van der Waals surface area contributed by atoms with Gasteiger partial charge in [0.05, 0.1) is 11.9 Å². The summed E-state index contributed by atoms with van der Waals surface area (Å²) in [6, 6.07) is 13.2. The third kappa shape index (κ3) is 2.78. The van der Waals surface area contributed by atoms with Gasteiger partial charge in [0.25, 0.3) is 0 Å². The van der Waals surface area contributed by atoms with Crippen LogP contribution in [0.1, 0.15) is 12.8 Å². The van der Waals surface area contributed by atoms with E-state index in [1.54, 1.807) is 6.20 Å². The zero-order valence-corrected chi connectivity index (χ0v) is 14.3. The van der Waals surface area contributed by atoms with Crippen molar-refractivity contribution < 1.29 is 4.74 Å². The predicted octanol–water partition coefficient (Wildman–Crippen LogP) is 3.71. The number of hydrogen-bond donors (Lipinski definition) is 0. The molecular weight excluding hydrogens is 298 g/mol. The highest BCUT2D eigenvalue weighted by Crippen LogP contribution is 2.28. The van der Waals surface area contributed by atoms with Crippen LogP contribution in [0.3, 0.4) is 0 Å². The fourth-order valence-corrected chi connectivity index (χ4v) is 3.59. The molecule has 0 spiro atoms. The van der Waals surface area contributed by atoms with Crippen molar-refractivity contribution in [2.75, 3.05) is 20.2 Å². The predicted molar refractivity (Wildman–Crippen MR) is 97.3 cm³/mol. The molecule has 4 heteroatoms. The van der Waals surface area contributed by atoms with Crippen molar-refractivity contribution in [1.29, 1.82) is 0 Å². The molecule has 1 atom stereocenters. The fraction of sp³-hybridized carbons (Fsp3) is 0.350. The molecule has 0 unspecified atom stereocenters. The number of hydrogen-bond acceptors (Lipinski definition) is 3. The number of nitrogens with zero attached hydrogens (tertiary/aromatic N) is 3. The normalized spacial score (nSPS) is 18.3. The Bertz CT molecular complexity index is 855. The van der Waals surface area contributed by atoms with Crippen molar-refractivity contribution in [2.45, 2.75) is 18.9 Å². The number of para-hydroxylation sites is 1. The Balaban J connectivity index is 1.58. The Morgan fingerprint density at radius 3 is 2.83 bits per heavy atom. The number of benzene rings is 1. The first-order chi connectivity index (χ1) is 11.7. The lowest BCUT2D eigenvalue weighted by molar-refractivity contribution is 0.198. The minimum atomic E-state index is 0.520. The van der Waals surface area contributed by atoms with Crippen LogP contribution in [0, 0.1) is 0 Å². The monoisotopic (exact) mass is 321 g/mol. The Morgan fingerprint density at radius 1 is 1.17 bits per heavy atom. The van der Waals surface area contributed by atoms with E-state index in [1.165, 1.54) is 30.3 Å². The number of aryl methyl sites for hydroxylation is 1. The summed E-state index contributed by atoms with van der Waals surface area (Å²) in [7, 11) is 4.27. The van der Waals surface area contributed by atoms with Gasteiger partial charge < -0.3 is 14.2 Å². The number of fused-ring (bicyclic) bond motifs is 1. The lowest BCUT2D eigenvalue weighted by atomic mass is 10.2. The van der Waals surface area contributed by atoms with Crippen LogP contribution in [0.2, 0.25) is 0 Å². The average molecular weight is 321 g/mol. The molecule has 1 aliphatic rings. The lowest BCUT2D eigenvalue weighted by Gasteiger charge is -2.19. The maximum absolute atomic E-state index is 6.02. The Morgan fingerprint density at radius 2 is 2.04 bits per heavy atom. The van der Waals surface area contributed by atoms with E-state index >= 15 is 0 Å². The SMILES string of the molecule is CN1CCC[C@H]1COc1cncc(-c2cc3ccccc3n2C)c1. The first kappa shape index (κ1) is 15.2. The minimum absolute atomic E-state index is 0.520. The van der Waals surface area contributed by atoms with E-state index in [0.29, 0.717) is 6.04 Å². The number of rotatable bonds is 4. The topological polar surface area (TPSA) is 30.3 Å². The number of pyridine rings is 1. The maximum Gasteiger partial charge on any atom is 0.138 e. The summed E-state index contributed by atoms with van der Waals surface area (Å²) in [4.78, 5) is 6.76. The summed E-state index contributed by atoms with van der Waals surface area (Å²) in [5, 5.41) is 1.24. The molecule has 2 aromatic heterocycles. The number of likely N-dealkylation sites (tertiary alicyclic amines) is 1. The van der Waals surface area contributed by atoms with Gasteiger partial charge in [0, 0.05) is 35.8 Å². The van der Waals surface area contributed by atoms with Crippen LogP contribution in [0.15, 0.2) is 48.8 Å². The average Bonchev–Trinajstić information content (AvgIpc) is 3.17. The Labute approximate surface area is 142 Å². The van der Waals surface area contributed by atoms with Crippen LogP contribution >= 0.6 is 0 Å². The molecule has 3 aromatic rings. The highest BCUT2D eigenvalue weighted by atomic mass is 16.5. The van der Waals surface area contributed by atoms with Gasteiger partial charge in [-0.3, -0.25) is 4.98 Å². The lowest BCUT2D eigenvalue weighted by Crippen LogP contribution is -2.30. The number of ether oxygens (including phenoxy) is 1. The van der Waals surface area contributed by atoms with Crippen molar-refractivity contribution in [2.24, 2.45) is 7.05 Å². The third-order valence-electron chi connectivity index (χ3n) is 5.07. The molecule has 1 fully saturated rings. The largest absolute Gasteiger partial charge is 0.490 e. The van der Waals surface area contributed by atoms with Gasteiger partial charge in [0.2, 0.25) is 0 Å². The smallest absolute Gasteiger partial charge is 0.138 e. The molecule has 0 aliphatic carbocycles. The molecule has 1 saturated heterocycles. The highest BCUT2D eigenvalue weighted by Gasteiger charge is 2.21. The fourth-order valence-electron chi connectivity index (χ4n) is 3.59. The molecule has 24 heavy (non-hydrogen) atoms. The number of likely N-dealkylation sites (N-methyl/N-ethyl adjacent to an activating group) is 1. The summed E-state index contributed by atoms with van der Waals surface area (Å²) in [5.41, 5.74) is 3.48. The van der Waals surface area contributed by atoms with E-state index in [2.05, 4.69) is 64.9 Å². The molecule has 0 N–H and O–H groups in total. The Kier molecular flexibility index (Phi) is 3.98. The van der Waals surface area contributed by atoms with E-state index in [9.17, 15) is 0 Å². The first-order valence-electron chi connectivity index (χ1n) is 8.55. The summed E-state index contributed by atoms with van der Waals surface area (Å²) < 4.78 is 8.23. The van der Waals surface area contributed by atoms with E-state index in [0.717, 1.165) is 23.6 Å². The van der Waals surface area contributed by atoms with Crippen LogP contribution in [0.4, 0.5) is 0 Å². The molecule has 4 rings (SSSR count). The zero-order valence-electron chi connectivity index (χ0n) is 14.3. The molecule has 3 heterocycles. The van der Waals surface area contributed by atoms with Gasteiger partial charge in [-0.2, -0.15) is 0 Å². The summed E-state index contributed by atoms with van der Waals surface area (Å²) in [5.74, 6) is 0.845. The van der Waals surface area contributed by atoms with Gasteiger partial charge in [0.15, 0.2) is 0 Å². The zero-order chi connectivity index (χ0) is 16.5. The quantitative estimate of drug-likeness (QED) is 0.734. The Hall–Kier alpha value is -2.33. The molecule has 1 aromatic carbocycles. The molecular formula is C20H23N3O. The van der Waals surface area contributed by atoms with Crippen molar-refractivity contribution in [3.63, 3.8) is 0 Å². The first-order valence-corrected chi connectivity index (χ1v) is 8.55. The third-order valence-corrected chi connectivity index (χ3v) is 5.07. The van der Waals surface area contributed by atoms with E-state index in [1.807, 2.05) is 6.20 Å². The molecule has 124 valence electrons. The summed E-state index contributed by atoms with van der Waals surface area (Å²) in [6.45, 7) is 1.90. The van der Waals surface area contributed by atoms with Crippen LogP contribution in [0.25, 0.3) is 22.2 Å². The molecule has 4 nitrogen and oxygen atoms in total. The molecule has 0 saturated carbocycles. The van der Waals surface area contributed by atoms with Crippen molar-refractivity contribution in [3.8, 4) is 17.0 Å². The second kappa shape index (κ2) is 6.29. The molecule has 1 aliphatic heterocycles. The van der Waals surface area contributed by atoms with Gasteiger partial charge >= 0.3 is 0 Å². The van der Waals surface area contributed by atoms with E-state index in [-0.39, 0.29) is 0 Å². The highest BCUT2D eigenvalue weighted by molar-refractivity contribution is 5.86. The second-order valence-electron chi connectivity index (χ2n) is 6.64. The van der Waals surface area contributed by atoms with Gasteiger partial charge in [-0.25, -0.2) is 0 Å². The van der Waals surface area contributed by atoms with E-state index in [4.69, 9.17) is 4.74 Å². The van der Waals surface area contributed by atoms with Crippen molar-refractivity contribution in [1.82, 2.24) is 14.5 Å². The van der Waals surface area contributed by atoms with Crippen LogP contribution < -0.4 is 4.74 Å². The van der Waals surface area contributed by atoms with Crippen LogP contribution in [-0.4, -0.2) is 40.7 Å². The molecule has 0 radical (unpaired) electrons. The van der Waals surface area contributed by atoms with Crippen molar-refractivity contribution >= 4 is 10.9 Å². The minimum Gasteiger partial charge on any atom is -0.490 e. The summed E-state index contributed by atoms with van der Waals surface area (Å²) in [6.07, 6.45) is 6.19. The second-order valence-corrected chi connectivity index (χ2v) is 6.64. The summed E-state index contributed by atoms with van der Waals surface area (Å²) >= 11 is 0. The molecule has 0 amide bonds. The van der Waals surface area contributed by atoms with Gasteiger partial charge in [-0.1, -0.05) is 18.2 Å². The standard InChI is InChI=1S/C20H23N3O/c1-22-9-5-7-17(22)14-24-18-10-16(12-21-13-18)20-11-15-6-3-4-8-19(15)23(20)2/h3-4,6,8,10-13,17H,5,7,9,14H2,1-2H3/t17-/m0/s1.